The van der Waals surface area contributed by atoms with Gasteiger partial charge in [0, 0.05) is 43.7 Å². The first-order chi connectivity index (χ1) is 13.4. The lowest BCUT2D eigenvalue weighted by Gasteiger charge is -2.27. The zero-order valence-corrected chi connectivity index (χ0v) is 16.7. The van der Waals surface area contributed by atoms with Crippen LogP contribution in [0.25, 0.3) is 22.2 Å². The van der Waals surface area contributed by atoms with Gasteiger partial charge in [0.2, 0.25) is 0 Å². The fourth-order valence-corrected chi connectivity index (χ4v) is 4.04. The minimum atomic E-state index is 0. The average Bonchev–Trinajstić information content (AvgIpc) is 3.33. The number of hydrogen-bond acceptors (Lipinski definition) is 6. The predicted molar refractivity (Wildman–Crippen MR) is 116 cm³/mol. The standard InChI is InChI=1S/C20H25N7.ClH/c1-2-9-26(8-1)19-20(27-10-3-6-21-7-11-27)24-18(14-22-19)15-4-5-17-16(12-15)13-23-25-17;/h4-5,12-14,21H,1-3,6-11H2,(H,23,25);1H. The van der Waals surface area contributed by atoms with E-state index in [9.17, 15) is 0 Å². The monoisotopic (exact) mass is 399 g/mol. The maximum absolute atomic E-state index is 5.11. The molecular weight excluding hydrogens is 374 g/mol. The summed E-state index contributed by atoms with van der Waals surface area (Å²) >= 11 is 0. The van der Waals surface area contributed by atoms with Crippen molar-refractivity contribution >= 4 is 34.9 Å². The Bertz CT molecular complexity index is 927. The Morgan fingerprint density at radius 2 is 1.68 bits per heavy atom. The smallest absolute Gasteiger partial charge is 0.172 e. The van der Waals surface area contributed by atoms with Gasteiger partial charge in [-0.3, -0.25) is 5.10 Å². The second kappa shape index (κ2) is 8.32. The molecular formula is C20H26ClN7. The van der Waals surface area contributed by atoms with E-state index in [1.807, 2.05) is 12.4 Å². The second-order valence-electron chi connectivity index (χ2n) is 7.36. The van der Waals surface area contributed by atoms with Crippen LogP contribution in [0.15, 0.2) is 30.6 Å². The van der Waals surface area contributed by atoms with Gasteiger partial charge in [-0.1, -0.05) is 6.07 Å². The van der Waals surface area contributed by atoms with Gasteiger partial charge in [-0.25, -0.2) is 9.97 Å². The lowest BCUT2D eigenvalue weighted by atomic mass is 10.1. The zero-order valence-electron chi connectivity index (χ0n) is 15.9. The largest absolute Gasteiger partial charge is 0.354 e. The normalized spacial score (nSPS) is 17.6. The van der Waals surface area contributed by atoms with Gasteiger partial charge in [0.1, 0.15) is 0 Å². The van der Waals surface area contributed by atoms with E-state index in [2.05, 4.69) is 43.5 Å². The molecule has 2 N–H and O–H groups in total. The Morgan fingerprint density at radius 1 is 0.857 bits per heavy atom. The minimum absolute atomic E-state index is 0. The number of nitrogens with zero attached hydrogens (tertiary/aromatic N) is 5. The van der Waals surface area contributed by atoms with Gasteiger partial charge in [0.25, 0.3) is 0 Å². The topological polar surface area (TPSA) is 73.0 Å². The van der Waals surface area contributed by atoms with Crippen molar-refractivity contribution in [2.24, 2.45) is 0 Å². The van der Waals surface area contributed by atoms with Gasteiger partial charge in [-0.2, -0.15) is 5.10 Å². The van der Waals surface area contributed by atoms with Crippen LogP contribution in [0.3, 0.4) is 0 Å². The highest BCUT2D eigenvalue weighted by Gasteiger charge is 2.23. The Kier molecular flexibility index (Phi) is 5.64. The second-order valence-corrected chi connectivity index (χ2v) is 7.36. The van der Waals surface area contributed by atoms with Crippen molar-refractivity contribution in [2.45, 2.75) is 19.3 Å². The van der Waals surface area contributed by atoms with Crippen LogP contribution in [0.1, 0.15) is 19.3 Å². The van der Waals surface area contributed by atoms with Crippen LogP contribution in [0.2, 0.25) is 0 Å². The lowest BCUT2D eigenvalue weighted by molar-refractivity contribution is 0.724. The molecule has 0 bridgehead atoms. The number of hydrogen-bond donors (Lipinski definition) is 2. The van der Waals surface area contributed by atoms with Crippen molar-refractivity contribution in [1.82, 2.24) is 25.5 Å². The number of fused-ring (bicyclic) bond motifs is 1. The summed E-state index contributed by atoms with van der Waals surface area (Å²) in [6.07, 6.45) is 7.39. The molecule has 1 aromatic carbocycles. The van der Waals surface area contributed by atoms with E-state index < -0.39 is 0 Å². The number of benzene rings is 1. The number of H-pyrrole nitrogens is 1. The quantitative estimate of drug-likeness (QED) is 0.705. The van der Waals surface area contributed by atoms with E-state index >= 15 is 0 Å². The van der Waals surface area contributed by atoms with Crippen molar-refractivity contribution in [1.29, 1.82) is 0 Å². The average molecular weight is 400 g/mol. The third kappa shape index (κ3) is 3.64. The minimum Gasteiger partial charge on any atom is -0.354 e. The van der Waals surface area contributed by atoms with Crippen LogP contribution in [-0.2, 0) is 0 Å². The van der Waals surface area contributed by atoms with Crippen molar-refractivity contribution in [3.8, 4) is 11.3 Å². The summed E-state index contributed by atoms with van der Waals surface area (Å²) in [4.78, 5) is 14.8. The molecule has 4 heterocycles. The van der Waals surface area contributed by atoms with Crippen LogP contribution in [0.4, 0.5) is 11.6 Å². The molecule has 0 unspecified atom stereocenters. The van der Waals surface area contributed by atoms with Crippen LogP contribution < -0.4 is 15.1 Å². The lowest BCUT2D eigenvalue weighted by Crippen LogP contribution is -2.31. The molecule has 2 saturated heterocycles. The molecule has 0 saturated carbocycles. The highest BCUT2D eigenvalue weighted by molar-refractivity contribution is 5.85. The molecule has 2 aromatic heterocycles. The fraction of sp³-hybridized carbons (Fsp3) is 0.450. The molecule has 3 aromatic rings. The Labute approximate surface area is 171 Å². The van der Waals surface area contributed by atoms with Gasteiger partial charge < -0.3 is 15.1 Å². The Morgan fingerprint density at radius 3 is 2.57 bits per heavy atom. The molecule has 0 spiro atoms. The summed E-state index contributed by atoms with van der Waals surface area (Å²) in [6, 6.07) is 6.28. The number of aromatic amines is 1. The Balaban J connectivity index is 0.00000192. The number of rotatable bonds is 3. The summed E-state index contributed by atoms with van der Waals surface area (Å²) in [5, 5.41) is 11.7. The maximum atomic E-state index is 5.11. The van der Waals surface area contributed by atoms with E-state index in [0.29, 0.717) is 0 Å². The van der Waals surface area contributed by atoms with Crippen LogP contribution in [0.5, 0.6) is 0 Å². The van der Waals surface area contributed by atoms with E-state index in [1.54, 1.807) is 0 Å². The van der Waals surface area contributed by atoms with Crippen LogP contribution >= 0.6 is 12.4 Å². The number of halogens is 1. The van der Waals surface area contributed by atoms with E-state index in [-0.39, 0.29) is 12.4 Å². The number of anilines is 2. The van der Waals surface area contributed by atoms with Gasteiger partial charge in [0.05, 0.1) is 23.6 Å². The van der Waals surface area contributed by atoms with E-state index in [4.69, 9.17) is 9.97 Å². The van der Waals surface area contributed by atoms with Gasteiger partial charge in [0.15, 0.2) is 11.6 Å². The van der Waals surface area contributed by atoms with Crippen LogP contribution in [0, 0.1) is 0 Å². The van der Waals surface area contributed by atoms with Gasteiger partial charge in [-0.05, 0) is 37.9 Å². The molecule has 5 rings (SSSR count). The molecule has 7 nitrogen and oxygen atoms in total. The molecule has 8 heteroatoms. The molecule has 28 heavy (non-hydrogen) atoms. The first-order valence-corrected chi connectivity index (χ1v) is 9.90. The number of nitrogens with one attached hydrogen (secondary N) is 2. The van der Waals surface area contributed by atoms with Crippen LogP contribution in [-0.4, -0.2) is 59.4 Å². The molecule has 0 radical (unpaired) electrons. The maximum Gasteiger partial charge on any atom is 0.172 e. The summed E-state index contributed by atoms with van der Waals surface area (Å²) < 4.78 is 0. The first kappa shape index (κ1) is 19.0. The summed E-state index contributed by atoms with van der Waals surface area (Å²) in [5.41, 5.74) is 3.05. The van der Waals surface area contributed by atoms with E-state index in [0.717, 1.165) is 79.5 Å². The third-order valence-electron chi connectivity index (χ3n) is 5.52. The Hall–Kier alpha value is -2.38. The third-order valence-corrected chi connectivity index (χ3v) is 5.52. The molecule has 2 aliphatic heterocycles. The molecule has 0 amide bonds. The molecule has 2 aliphatic rings. The summed E-state index contributed by atoms with van der Waals surface area (Å²) in [6.45, 7) is 6.21. The van der Waals surface area contributed by atoms with Crippen molar-refractivity contribution in [3.05, 3.63) is 30.6 Å². The number of aromatic nitrogens is 4. The predicted octanol–water partition coefficient (Wildman–Crippen LogP) is 2.84. The first-order valence-electron chi connectivity index (χ1n) is 9.90. The molecule has 2 fully saturated rings. The SMILES string of the molecule is Cl.c1cc2[nH]ncc2cc1-c1cnc(N2CCCC2)c(N2CCCNCC2)n1. The van der Waals surface area contributed by atoms with Gasteiger partial charge in [-0.15, -0.1) is 12.4 Å². The highest BCUT2D eigenvalue weighted by atomic mass is 35.5. The molecule has 0 aliphatic carbocycles. The van der Waals surface area contributed by atoms with Crippen molar-refractivity contribution < 1.29 is 0 Å². The summed E-state index contributed by atoms with van der Waals surface area (Å²) in [7, 11) is 0. The zero-order chi connectivity index (χ0) is 18.1. The molecule has 0 atom stereocenters. The fourth-order valence-electron chi connectivity index (χ4n) is 4.04. The van der Waals surface area contributed by atoms with Gasteiger partial charge >= 0.3 is 0 Å². The van der Waals surface area contributed by atoms with Crippen molar-refractivity contribution in [2.75, 3.05) is 49.1 Å². The summed E-state index contributed by atoms with van der Waals surface area (Å²) in [5.74, 6) is 2.08. The highest BCUT2D eigenvalue weighted by Crippen LogP contribution is 2.31. The molecule has 148 valence electrons. The van der Waals surface area contributed by atoms with E-state index in [1.165, 1.54) is 12.8 Å². The van der Waals surface area contributed by atoms with Crippen molar-refractivity contribution in [3.63, 3.8) is 0 Å².